The molecule has 0 unspecified atom stereocenters. The van der Waals surface area contributed by atoms with Crippen LogP contribution in [0.4, 0.5) is 0 Å². The van der Waals surface area contributed by atoms with Gasteiger partial charge in [-0.2, -0.15) is 5.10 Å². The molecule has 1 saturated carbocycles. The average Bonchev–Trinajstić information content (AvgIpc) is 3.44. The molecule has 1 aromatic carbocycles. The fourth-order valence-corrected chi connectivity index (χ4v) is 3.48. The summed E-state index contributed by atoms with van der Waals surface area (Å²) in [5, 5.41) is 10.2. The first-order valence-corrected chi connectivity index (χ1v) is 9.39. The van der Waals surface area contributed by atoms with Crippen molar-refractivity contribution in [1.29, 1.82) is 0 Å². The van der Waals surface area contributed by atoms with Crippen LogP contribution < -0.4 is 5.32 Å². The van der Waals surface area contributed by atoms with Crippen LogP contribution in [0.1, 0.15) is 46.6 Å². The first-order chi connectivity index (χ1) is 12.7. The number of fused-ring (bicyclic) bond motifs is 1. The van der Waals surface area contributed by atoms with Crippen molar-refractivity contribution in [3.05, 3.63) is 52.8 Å². The topological polar surface area (TPSA) is 78.1 Å². The van der Waals surface area contributed by atoms with E-state index in [0.29, 0.717) is 25.3 Å². The van der Waals surface area contributed by atoms with Gasteiger partial charge in [0, 0.05) is 43.2 Å². The monoisotopic (exact) mass is 352 g/mol. The maximum Gasteiger partial charge on any atom is 0.272 e. The second-order valence-corrected chi connectivity index (χ2v) is 7.16. The quantitative estimate of drug-likeness (QED) is 0.781. The number of H-pyrrole nitrogens is 1. The molecule has 1 fully saturated rings. The summed E-state index contributed by atoms with van der Waals surface area (Å²) in [5.41, 5.74) is 3.58. The normalized spacial score (nSPS) is 16.2. The van der Waals surface area contributed by atoms with E-state index in [4.69, 9.17) is 0 Å². The van der Waals surface area contributed by atoms with E-state index in [9.17, 15) is 9.59 Å². The average molecular weight is 352 g/mol. The van der Waals surface area contributed by atoms with Crippen molar-refractivity contribution in [2.45, 2.75) is 38.6 Å². The Hall–Kier alpha value is -2.63. The highest BCUT2D eigenvalue weighted by molar-refractivity contribution is 5.94. The molecule has 2 amide bonds. The van der Waals surface area contributed by atoms with Crippen molar-refractivity contribution < 1.29 is 9.59 Å². The number of amides is 2. The van der Waals surface area contributed by atoms with Crippen molar-refractivity contribution in [1.82, 2.24) is 20.4 Å². The van der Waals surface area contributed by atoms with Gasteiger partial charge in [-0.05, 0) is 31.2 Å². The van der Waals surface area contributed by atoms with Crippen LogP contribution in [0.5, 0.6) is 0 Å². The van der Waals surface area contributed by atoms with E-state index in [1.165, 1.54) is 5.56 Å². The van der Waals surface area contributed by atoms with Gasteiger partial charge >= 0.3 is 0 Å². The third-order valence-electron chi connectivity index (χ3n) is 5.16. The molecule has 6 heteroatoms. The molecule has 4 rings (SSSR count). The Kier molecular flexibility index (Phi) is 4.73. The molecule has 1 aromatic heterocycles. The van der Waals surface area contributed by atoms with E-state index in [0.717, 1.165) is 43.4 Å². The third-order valence-corrected chi connectivity index (χ3v) is 5.16. The molecule has 0 saturated heterocycles. The summed E-state index contributed by atoms with van der Waals surface area (Å²) in [4.78, 5) is 26.7. The summed E-state index contributed by atoms with van der Waals surface area (Å²) in [7, 11) is 0. The number of carbonyl (C=O) groups excluding carboxylic acids is 2. The lowest BCUT2D eigenvalue weighted by Gasteiger charge is -2.27. The van der Waals surface area contributed by atoms with Gasteiger partial charge in [-0.1, -0.05) is 30.3 Å². The maximum atomic E-state index is 12.5. The number of aryl methyl sites for hydroxylation is 1. The van der Waals surface area contributed by atoms with Gasteiger partial charge < -0.3 is 10.2 Å². The second kappa shape index (κ2) is 7.32. The number of nitrogens with zero attached hydrogens (tertiary/aromatic N) is 2. The SMILES string of the molecule is O=C(NCCCc1ccccc1)c1n[nH]c2c1CN(C(=O)C1CC1)CC2. The molecule has 0 radical (unpaired) electrons. The van der Waals surface area contributed by atoms with Gasteiger partial charge in [0.1, 0.15) is 0 Å². The lowest BCUT2D eigenvalue weighted by Crippen LogP contribution is -2.37. The Labute approximate surface area is 153 Å². The fourth-order valence-electron chi connectivity index (χ4n) is 3.48. The highest BCUT2D eigenvalue weighted by Gasteiger charge is 2.36. The van der Waals surface area contributed by atoms with Crippen molar-refractivity contribution in [2.24, 2.45) is 5.92 Å². The van der Waals surface area contributed by atoms with Crippen LogP contribution in [0.2, 0.25) is 0 Å². The molecule has 0 spiro atoms. The summed E-state index contributed by atoms with van der Waals surface area (Å²) < 4.78 is 0. The first kappa shape index (κ1) is 16.8. The summed E-state index contributed by atoms with van der Waals surface area (Å²) in [5.74, 6) is 0.279. The lowest BCUT2D eigenvalue weighted by molar-refractivity contribution is -0.133. The van der Waals surface area contributed by atoms with Gasteiger partial charge in [-0.25, -0.2) is 0 Å². The zero-order valence-corrected chi connectivity index (χ0v) is 14.8. The van der Waals surface area contributed by atoms with Gasteiger partial charge in [-0.15, -0.1) is 0 Å². The largest absolute Gasteiger partial charge is 0.351 e. The Balaban J connectivity index is 1.32. The summed E-state index contributed by atoms with van der Waals surface area (Å²) in [6.07, 6.45) is 4.56. The van der Waals surface area contributed by atoms with E-state index in [2.05, 4.69) is 27.6 Å². The first-order valence-electron chi connectivity index (χ1n) is 9.39. The molecule has 1 aliphatic heterocycles. The number of hydrogen-bond donors (Lipinski definition) is 2. The Morgan fingerprint density at radius 1 is 1.23 bits per heavy atom. The minimum atomic E-state index is -0.156. The molecule has 2 aromatic rings. The van der Waals surface area contributed by atoms with Gasteiger partial charge in [0.15, 0.2) is 5.69 Å². The summed E-state index contributed by atoms with van der Waals surface area (Å²) in [6, 6.07) is 10.2. The molecule has 2 aliphatic rings. The van der Waals surface area contributed by atoms with Crippen molar-refractivity contribution in [2.75, 3.05) is 13.1 Å². The Bertz CT molecular complexity index is 795. The van der Waals surface area contributed by atoms with Crippen LogP contribution >= 0.6 is 0 Å². The van der Waals surface area contributed by atoms with Crippen LogP contribution in [0, 0.1) is 5.92 Å². The van der Waals surface area contributed by atoms with E-state index >= 15 is 0 Å². The number of hydrogen-bond acceptors (Lipinski definition) is 3. The number of aromatic nitrogens is 2. The van der Waals surface area contributed by atoms with Crippen molar-refractivity contribution >= 4 is 11.8 Å². The highest BCUT2D eigenvalue weighted by Crippen LogP contribution is 2.33. The molecular formula is C20H24N4O2. The predicted octanol–water partition coefficient (Wildman–Crippen LogP) is 2.07. The minimum Gasteiger partial charge on any atom is -0.351 e. The van der Waals surface area contributed by atoms with Crippen LogP contribution in [-0.2, 0) is 24.2 Å². The number of nitrogens with one attached hydrogen (secondary N) is 2. The highest BCUT2D eigenvalue weighted by atomic mass is 16.2. The second-order valence-electron chi connectivity index (χ2n) is 7.16. The van der Waals surface area contributed by atoms with Crippen LogP contribution in [0.3, 0.4) is 0 Å². The zero-order valence-electron chi connectivity index (χ0n) is 14.8. The van der Waals surface area contributed by atoms with Gasteiger partial charge in [-0.3, -0.25) is 14.7 Å². The minimum absolute atomic E-state index is 0.156. The molecule has 136 valence electrons. The summed E-state index contributed by atoms with van der Waals surface area (Å²) >= 11 is 0. The van der Waals surface area contributed by atoms with Gasteiger partial charge in [0.05, 0.1) is 0 Å². The Morgan fingerprint density at radius 3 is 2.81 bits per heavy atom. The van der Waals surface area contributed by atoms with E-state index in [1.54, 1.807) is 0 Å². The van der Waals surface area contributed by atoms with Crippen LogP contribution in [-0.4, -0.2) is 40.0 Å². The van der Waals surface area contributed by atoms with Crippen LogP contribution in [0.25, 0.3) is 0 Å². The predicted molar refractivity (Wildman–Crippen MR) is 97.5 cm³/mol. The molecule has 2 N–H and O–H groups in total. The van der Waals surface area contributed by atoms with Crippen LogP contribution in [0.15, 0.2) is 30.3 Å². The number of benzene rings is 1. The smallest absolute Gasteiger partial charge is 0.272 e. The number of rotatable bonds is 6. The number of aromatic amines is 1. The van der Waals surface area contributed by atoms with Gasteiger partial charge in [0.25, 0.3) is 5.91 Å². The lowest BCUT2D eigenvalue weighted by atomic mass is 10.0. The molecule has 2 heterocycles. The standard InChI is InChI=1S/C20H24N4O2/c25-19(21-11-4-7-14-5-2-1-3-6-14)18-16-13-24(20(26)15-8-9-15)12-10-17(16)22-23-18/h1-3,5-6,15H,4,7-13H2,(H,21,25)(H,22,23). The van der Waals surface area contributed by atoms with Gasteiger partial charge in [0.2, 0.25) is 5.91 Å². The fraction of sp³-hybridized carbons (Fsp3) is 0.450. The number of carbonyl (C=O) groups is 2. The molecule has 0 bridgehead atoms. The van der Waals surface area contributed by atoms with Crippen molar-refractivity contribution in [3.63, 3.8) is 0 Å². The van der Waals surface area contributed by atoms with Crippen molar-refractivity contribution in [3.8, 4) is 0 Å². The van der Waals surface area contributed by atoms with E-state index in [-0.39, 0.29) is 17.7 Å². The zero-order chi connectivity index (χ0) is 17.9. The molecule has 1 aliphatic carbocycles. The Morgan fingerprint density at radius 2 is 2.04 bits per heavy atom. The van der Waals surface area contributed by atoms with E-state index in [1.807, 2.05) is 23.1 Å². The summed E-state index contributed by atoms with van der Waals surface area (Å²) in [6.45, 7) is 1.82. The molecule has 0 atom stereocenters. The molecular weight excluding hydrogens is 328 g/mol. The third kappa shape index (κ3) is 3.64. The molecule has 6 nitrogen and oxygen atoms in total. The molecule has 26 heavy (non-hydrogen) atoms. The van der Waals surface area contributed by atoms with E-state index < -0.39 is 0 Å². The maximum absolute atomic E-state index is 12.5.